The van der Waals surface area contributed by atoms with Gasteiger partial charge in [-0.05, 0) is 31.0 Å². The van der Waals surface area contributed by atoms with Gasteiger partial charge in [-0.3, -0.25) is 9.59 Å². The predicted octanol–water partition coefficient (Wildman–Crippen LogP) is 2.53. The number of nitrogens with zero attached hydrogens (tertiary/aromatic N) is 3. The molecule has 0 saturated carbocycles. The van der Waals surface area contributed by atoms with Crippen molar-refractivity contribution in [2.24, 2.45) is 0 Å². The summed E-state index contributed by atoms with van der Waals surface area (Å²) in [5.41, 5.74) is 0.0862. The fourth-order valence-electron chi connectivity index (χ4n) is 3.95. The van der Waals surface area contributed by atoms with Crippen molar-refractivity contribution in [2.45, 2.75) is 25.3 Å². The van der Waals surface area contributed by atoms with Crippen molar-refractivity contribution in [1.82, 2.24) is 19.4 Å². The maximum Gasteiger partial charge on any atom is 0.259 e. The predicted molar refractivity (Wildman–Crippen MR) is 107 cm³/mol. The quantitative estimate of drug-likeness (QED) is 0.716. The van der Waals surface area contributed by atoms with Crippen molar-refractivity contribution in [3.05, 3.63) is 64.2 Å². The Balaban J connectivity index is 1.58. The molecule has 1 atom stereocenters. The number of ether oxygens (including phenoxy) is 1. The van der Waals surface area contributed by atoms with Gasteiger partial charge in [-0.15, -0.1) is 0 Å². The molecule has 2 aromatic heterocycles. The van der Waals surface area contributed by atoms with Crippen molar-refractivity contribution >= 4 is 16.8 Å². The molecule has 0 radical (unpaired) electrons. The highest BCUT2D eigenvalue weighted by atomic mass is 19.1. The Morgan fingerprint density at radius 1 is 1.41 bits per heavy atom. The molecule has 4 rings (SSSR count). The summed E-state index contributed by atoms with van der Waals surface area (Å²) in [6.45, 7) is 2.35. The number of H-pyrrole nitrogens is 1. The van der Waals surface area contributed by atoms with Crippen LogP contribution in [0.4, 0.5) is 4.39 Å². The molecule has 3 heterocycles. The molecule has 3 aromatic rings. The third-order valence-corrected chi connectivity index (χ3v) is 5.43. The van der Waals surface area contributed by atoms with Crippen LogP contribution < -0.4 is 5.43 Å². The number of likely N-dealkylation sites (tertiary alicyclic amines) is 1. The minimum atomic E-state index is -0.506. The fraction of sp³-hybridized carbons (Fsp3) is 0.381. The SMILES string of the molecule is COCCn1ccnc1[C@@H]1CCCN(C(=O)c2c[nH]c3ccc(F)cc3c2=O)C1. The van der Waals surface area contributed by atoms with Crippen LogP contribution in [0, 0.1) is 5.82 Å². The monoisotopic (exact) mass is 398 g/mol. The van der Waals surface area contributed by atoms with Crippen molar-refractivity contribution in [1.29, 1.82) is 0 Å². The highest BCUT2D eigenvalue weighted by Gasteiger charge is 2.29. The second-order valence-corrected chi connectivity index (χ2v) is 7.28. The van der Waals surface area contributed by atoms with Crippen LogP contribution in [0.2, 0.25) is 0 Å². The van der Waals surface area contributed by atoms with E-state index in [2.05, 4.69) is 9.97 Å². The molecule has 1 aliphatic rings. The molecular formula is C21H23FN4O3. The first kappa shape index (κ1) is 19.3. The van der Waals surface area contributed by atoms with E-state index < -0.39 is 11.2 Å². The number of benzene rings is 1. The molecule has 1 aromatic carbocycles. The average molecular weight is 398 g/mol. The number of methoxy groups -OCH3 is 1. The average Bonchev–Trinajstić information content (AvgIpc) is 3.21. The van der Waals surface area contributed by atoms with E-state index in [0.717, 1.165) is 24.7 Å². The summed E-state index contributed by atoms with van der Waals surface area (Å²) in [4.78, 5) is 35.0. The molecule has 8 heteroatoms. The lowest BCUT2D eigenvalue weighted by Gasteiger charge is -2.32. The minimum Gasteiger partial charge on any atom is -0.383 e. The van der Waals surface area contributed by atoms with Crippen LogP contribution in [-0.4, -0.2) is 52.1 Å². The highest BCUT2D eigenvalue weighted by Crippen LogP contribution is 2.26. The number of halogens is 1. The standard InChI is InChI=1S/C21H23FN4O3/c1-29-10-9-25-8-6-23-20(25)14-3-2-7-26(13-14)21(28)17-12-24-18-5-4-15(22)11-16(18)19(17)27/h4-6,8,11-12,14H,2-3,7,9-10,13H2,1H3,(H,24,27)/t14-/m1/s1. The highest BCUT2D eigenvalue weighted by molar-refractivity contribution is 5.97. The van der Waals surface area contributed by atoms with Crippen LogP contribution in [0.15, 0.2) is 41.6 Å². The normalized spacial score (nSPS) is 17.0. The zero-order chi connectivity index (χ0) is 20.4. The summed E-state index contributed by atoms with van der Waals surface area (Å²) in [6, 6.07) is 3.94. The molecule has 1 saturated heterocycles. The van der Waals surface area contributed by atoms with Gasteiger partial charge in [-0.1, -0.05) is 0 Å². The first-order chi connectivity index (χ1) is 14.1. The van der Waals surface area contributed by atoms with Crippen molar-refractivity contribution in [2.75, 3.05) is 26.8 Å². The minimum absolute atomic E-state index is 0.0338. The largest absolute Gasteiger partial charge is 0.383 e. The van der Waals surface area contributed by atoms with E-state index in [1.807, 2.05) is 10.8 Å². The van der Waals surface area contributed by atoms with Gasteiger partial charge in [0.1, 0.15) is 17.2 Å². The van der Waals surface area contributed by atoms with E-state index in [1.165, 1.54) is 18.3 Å². The van der Waals surface area contributed by atoms with Crippen LogP contribution in [0.1, 0.15) is 34.9 Å². The van der Waals surface area contributed by atoms with Gasteiger partial charge in [0.05, 0.1) is 6.61 Å². The number of imidazole rings is 1. The third-order valence-electron chi connectivity index (χ3n) is 5.43. The van der Waals surface area contributed by atoms with E-state index in [4.69, 9.17) is 4.74 Å². The molecule has 7 nitrogen and oxygen atoms in total. The zero-order valence-electron chi connectivity index (χ0n) is 16.2. The number of aromatic nitrogens is 3. The summed E-state index contributed by atoms with van der Waals surface area (Å²) < 4.78 is 20.8. The lowest BCUT2D eigenvalue weighted by molar-refractivity contribution is 0.0701. The summed E-state index contributed by atoms with van der Waals surface area (Å²) >= 11 is 0. The molecule has 1 aliphatic heterocycles. The zero-order valence-corrected chi connectivity index (χ0v) is 16.2. The van der Waals surface area contributed by atoms with Crippen LogP contribution in [0.5, 0.6) is 0 Å². The van der Waals surface area contributed by atoms with Crippen LogP contribution in [-0.2, 0) is 11.3 Å². The Kier molecular flexibility index (Phi) is 5.44. The molecule has 0 unspecified atom stereocenters. The van der Waals surface area contributed by atoms with Crippen LogP contribution in [0.25, 0.3) is 10.9 Å². The number of hydrogen-bond acceptors (Lipinski definition) is 4. The first-order valence-electron chi connectivity index (χ1n) is 9.68. The Hall–Kier alpha value is -3.00. The van der Waals surface area contributed by atoms with Crippen LogP contribution in [0.3, 0.4) is 0 Å². The molecule has 0 bridgehead atoms. The summed E-state index contributed by atoms with van der Waals surface area (Å²) in [5, 5.41) is 0.180. The van der Waals surface area contributed by atoms with Gasteiger partial charge in [0.2, 0.25) is 5.43 Å². The number of piperidine rings is 1. The molecule has 0 spiro atoms. The second kappa shape index (κ2) is 8.16. The van der Waals surface area contributed by atoms with E-state index in [9.17, 15) is 14.0 Å². The Morgan fingerprint density at radius 3 is 3.10 bits per heavy atom. The Bertz CT molecular complexity index is 1090. The van der Waals surface area contributed by atoms with Crippen molar-refractivity contribution < 1.29 is 13.9 Å². The van der Waals surface area contributed by atoms with Gasteiger partial charge in [0.25, 0.3) is 5.91 Å². The summed E-state index contributed by atoms with van der Waals surface area (Å²) in [7, 11) is 1.66. The molecule has 29 heavy (non-hydrogen) atoms. The molecule has 152 valence electrons. The number of hydrogen-bond donors (Lipinski definition) is 1. The Morgan fingerprint density at radius 2 is 2.28 bits per heavy atom. The van der Waals surface area contributed by atoms with Gasteiger partial charge in [-0.25, -0.2) is 9.37 Å². The van der Waals surface area contributed by atoms with E-state index >= 15 is 0 Å². The third kappa shape index (κ3) is 3.80. The molecule has 0 aliphatic carbocycles. The molecule has 1 N–H and O–H groups in total. The molecule has 1 fully saturated rings. The molecule has 1 amide bonds. The second-order valence-electron chi connectivity index (χ2n) is 7.28. The van der Waals surface area contributed by atoms with Gasteiger partial charge >= 0.3 is 0 Å². The smallest absolute Gasteiger partial charge is 0.259 e. The number of fused-ring (bicyclic) bond motifs is 1. The number of pyridine rings is 1. The lowest BCUT2D eigenvalue weighted by atomic mass is 9.96. The van der Waals surface area contributed by atoms with Crippen LogP contribution >= 0.6 is 0 Å². The van der Waals surface area contributed by atoms with E-state index in [0.29, 0.717) is 31.8 Å². The maximum absolute atomic E-state index is 13.6. The number of rotatable bonds is 5. The number of carbonyl (C=O) groups is 1. The summed E-state index contributed by atoms with van der Waals surface area (Å²) in [6.07, 6.45) is 6.85. The number of amides is 1. The van der Waals surface area contributed by atoms with Gasteiger partial charge < -0.3 is 19.2 Å². The van der Waals surface area contributed by atoms with Crippen molar-refractivity contribution in [3.63, 3.8) is 0 Å². The maximum atomic E-state index is 13.6. The first-order valence-corrected chi connectivity index (χ1v) is 9.68. The van der Waals surface area contributed by atoms with Gasteiger partial charge in [0, 0.05) is 62.2 Å². The lowest BCUT2D eigenvalue weighted by Crippen LogP contribution is -2.41. The topological polar surface area (TPSA) is 80.2 Å². The number of carbonyl (C=O) groups excluding carboxylic acids is 1. The van der Waals surface area contributed by atoms with Gasteiger partial charge in [0.15, 0.2) is 0 Å². The van der Waals surface area contributed by atoms with E-state index in [1.54, 1.807) is 18.2 Å². The number of nitrogens with one attached hydrogen (secondary N) is 1. The number of aromatic amines is 1. The molecular weight excluding hydrogens is 375 g/mol. The Labute approximate surface area is 167 Å². The van der Waals surface area contributed by atoms with Crippen molar-refractivity contribution in [3.8, 4) is 0 Å². The fourth-order valence-corrected chi connectivity index (χ4v) is 3.95. The van der Waals surface area contributed by atoms with E-state index in [-0.39, 0.29) is 22.8 Å². The van der Waals surface area contributed by atoms with Gasteiger partial charge in [-0.2, -0.15) is 0 Å². The summed E-state index contributed by atoms with van der Waals surface area (Å²) in [5.74, 6) is 0.177.